The third-order valence-electron chi connectivity index (χ3n) is 5.77. The Bertz CT molecular complexity index is 309. The van der Waals surface area contributed by atoms with E-state index in [4.69, 9.17) is 0 Å². The van der Waals surface area contributed by atoms with Crippen molar-refractivity contribution in [2.45, 2.75) is 64.3 Å². The summed E-state index contributed by atoms with van der Waals surface area (Å²) in [5.74, 6) is 2.31. The average molecular weight is 264 g/mol. The van der Waals surface area contributed by atoms with Gasteiger partial charge in [-0.15, -0.1) is 0 Å². The van der Waals surface area contributed by atoms with Gasteiger partial charge in [-0.1, -0.05) is 32.6 Å². The minimum atomic E-state index is 0.218. The van der Waals surface area contributed by atoms with Gasteiger partial charge in [0.1, 0.15) is 0 Å². The lowest BCUT2D eigenvalue weighted by Crippen LogP contribution is -2.52. The standard InChI is InChI=1S/C16H28N2O/c1-12-13-6-2-3-7-14(12)11-18(10-13)16(19)17-15-8-4-5-9-15/h12-15H,2-11H2,1H3,(H,17,19). The monoisotopic (exact) mass is 264 g/mol. The third kappa shape index (κ3) is 2.90. The van der Waals surface area contributed by atoms with Gasteiger partial charge in [0.25, 0.3) is 0 Å². The zero-order chi connectivity index (χ0) is 13.2. The van der Waals surface area contributed by atoms with Gasteiger partial charge >= 0.3 is 6.03 Å². The zero-order valence-corrected chi connectivity index (χ0v) is 12.2. The molecule has 2 saturated carbocycles. The van der Waals surface area contributed by atoms with E-state index >= 15 is 0 Å². The predicted molar refractivity (Wildman–Crippen MR) is 77.0 cm³/mol. The number of nitrogens with zero attached hydrogens (tertiary/aromatic N) is 1. The fourth-order valence-corrected chi connectivity index (χ4v) is 4.38. The molecule has 0 aromatic heterocycles. The first-order valence-electron chi connectivity index (χ1n) is 8.29. The van der Waals surface area contributed by atoms with E-state index in [1.165, 1.54) is 51.4 Å². The molecule has 1 saturated heterocycles. The van der Waals surface area contributed by atoms with Crippen LogP contribution in [0, 0.1) is 17.8 Å². The highest BCUT2D eigenvalue weighted by molar-refractivity contribution is 5.74. The Balaban J connectivity index is 1.60. The van der Waals surface area contributed by atoms with E-state index in [9.17, 15) is 4.79 Å². The van der Waals surface area contributed by atoms with E-state index in [0.717, 1.165) is 30.8 Å². The predicted octanol–water partition coefficient (Wildman–Crippen LogP) is 3.40. The van der Waals surface area contributed by atoms with Crippen LogP contribution in [0.4, 0.5) is 4.79 Å². The highest BCUT2D eigenvalue weighted by Crippen LogP contribution is 2.37. The highest BCUT2D eigenvalue weighted by atomic mass is 16.2. The molecule has 2 bridgehead atoms. The molecule has 2 atom stereocenters. The van der Waals surface area contributed by atoms with Gasteiger partial charge in [0, 0.05) is 19.1 Å². The number of piperidine rings is 1. The van der Waals surface area contributed by atoms with Gasteiger partial charge in [0.15, 0.2) is 0 Å². The molecule has 3 fully saturated rings. The molecule has 0 aromatic carbocycles. The first kappa shape index (κ1) is 13.3. The van der Waals surface area contributed by atoms with E-state index in [1.54, 1.807) is 0 Å². The van der Waals surface area contributed by atoms with Crippen LogP contribution in [0.15, 0.2) is 0 Å². The van der Waals surface area contributed by atoms with Crippen LogP contribution >= 0.6 is 0 Å². The third-order valence-corrected chi connectivity index (χ3v) is 5.77. The van der Waals surface area contributed by atoms with E-state index < -0.39 is 0 Å². The lowest BCUT2D eigenvalue weighted by atomic mass is 9.78. The van der Waals surface area contributed by atoms with Crippen LogP contribution in [-0.2, 0) is 0 Å². The Labute approximate surface area is 117 Å². The molecule has 2 unspecified atom stereocenters. The lowest BCUT2D eigenvalue weighted by molar-refractivity contribution is 0.0903. The Morgan fingerprint density at radius 2 is 1.47 bits per heavy atom. The summed E-state index contributed by atoms with van der Waals surface area (Å²) in [6, 6.07) is 0.671. The van der Waals surface area contributed by atoms with E-state index in [0.29, 0.717) is 6.04 Å². The number of likely N-dealkylation sites (tertiary alicyclic amines) is 1. The van der Waals surface area contributed by atoms with Crippen molar-refractivity contribution in [1.82, 2.24) is 10.2 Å². The van der Waals surface area contributed by atoms with E-state index in [2.05, 4.69) is 17.1 Å². The molecule has 2 aliphatic carbocycles. The van der Waals surface area contributed by atoms with Crippen LogP contribution in [0.5, 0.6) is 0 Å². The second-order valence-electron chi connectivity index (χ2n) is 7.00. The molecule has 0 spiro atoms. The molecule has 0 aromatic rings. The number of carbonyl (C=O) groups excluding carboxylic acids is 1. The van der Waals surface area contributed by atoms with E-state index in [1.807, 2.05) is 0 Å². The Hall–Kier alpha value is -0.730. The molecule has 1 N–H and O–H groups in total. The first-order valence-corrected chi connectivity index (χ1v) is 8.29. The number of carbonyl (C=O) groups is 1. The topological polar surface area (TPSA) is 32.3 Å². The van der Waals surface area contributed by atoms with Gasteiger partial charge in [0.05, 0.1) is 0 Å². The van der Waals surface area contributed by atoms with Crippen LogP contribution in [-0.4, -0.2) is 30.1 Å². The normalized spacial score (nSPS) is 36.1. The smallest absolute Gasteiger partial charge is 0.317 e. The minimum absolute atomic E-state index is 0.218. The molecular weight excluding hydrogens is 236 g/mol. The first-order chi connectivity index (χ1) is 9.24. The maximum atomic E-state index is 12.4. The molecule has 3 nitrogen and oxygen atoms in total. The second kappa shape index (κ2) is 5.72. The summed E-state index contributed by atoms with van der Waals surface area (Å²) in [6.45, 7) is 4.40. The number of hydrogen-bond donors (Lipinski definition) is 1. The zero-order valence-electron chi connectivity index (χ0n) is 12.2. The number of fused-ring (bicyclic) bond motifs is 2. The molecule has 108 valence electrons. The van der Waals surface area contributed by atoms with Crippen molar-refractivity contribution >= 4 is 6.03 Å². The molecule has 1 heterocycles. The van der Waals surface area contributed by atoms with Crippen LogP contribution in [0.2, 0.25) is 0 Å². The number of urea groups is 1. The lowest BCUT2D eigenvalue weighted by Gasteiger charge is -2.41. The van der Waals surface area contributed by atoms with E-state index in [-0.39, 0.29) is 6.03 Å². The number of nitrogens with one attached hydrogen (secondary N) is 1. The Kier molecular flexibility index (Phi) is 3.99. The van der Waals surface area contributed by atoms with Crippen molar-refractivity contribution in [3.05, 3.63) is 0 Å². The van der Waals surface area contributed by atoms with Crippen molar-refractivity contribution in [1.29, 1.82) is 0 Å². The van der Waals surface area contributed by atoms with Gasteiger partial charge in [-0.25, -0.2) is 4.79 Å². The van der Waals surface area contributed by atoms with Gasteiger partial charge in [0.2, 0.25) is 0 Å². The number of rotatable bonds is 1. The molecule has 0 radical (unpaired) electrons. The number of amides is 2. The maximum Gasteiger partial charge on any atom is 0.317 e. The van der Waals surface area contributed by atoms with Crippen LogP contribution in [0.25, 0.3) is 0 Å². The molecular formula is C16H28N2O. The van der Waals surface area contributed by atoms with Crippen molar-refractivity contribution in [3.63, 3.8) is 0 Å². The molecule has 1 aliphatic heterocycles. The van der Waals surface area contributed by atoms with Crippen molar-refractivity contribution in [3.8, 4) is 0 Å². The van der Waals surface area contributed by atoms with Gasteiger partial charge < -0.3 is 10.2 Å². The Morgan fingerprint density at radius 1 is 0.947 bits per heavy atom. The average Bonchev–Trinajstić information content (AvgIpc) is 2.87. The molecule has 2 amide bonds. The summed E-state index contributed by atoms with van der Waals surface area (Å²) in [6.07, 6.45) is 10.3. The van der Waals surface area contributed by atoms with Crippen molar-refractivity contribution in [2.75, 3.05) is 13.1 Å². The fourth-order valence-electron chi connectivity index (χ4n) is 4.38. The van der Waals surface area contributed by atoms with Gasteiger partial charge in [-0.3, -0.25) is 0 Å². The number of hydrogen-bond acceptors (Lipinski definition) is 1. The summed E-state index contributed by atoms with van der Waals surface area (Å²) in [5.41, 5.74) is 0. The SMILES string of the molecule is CC1C2CCCCC1CN(C(=O)NC1CCCC1)C2. The summed E-state index contributed by atoms with van der Waals surface area (Å²) >= 11 is 0. The summed E-state index contributed by atoms with van der Waals surface area (Å²) in [4.78, 5) is 14.5. The van der Waals surface area contributed by atoms with Crippen LogP contribution in [0.1, 0.15) is 58.3 Å². The van der Waals surface area contributed by atoms with Gasteiger partial charge in [-0.2, -0.15) is 0 Å². The second-order valence-corrected chi connectivity index (χ2v) is 7.00. The van der Waals surface area contributed by atoms with Crippen molar-refractivity contribution < 1.29 is 4.79 Å². The highest BCUT2D eigenvalue weighted by Gasteiger charge is 2.37. The Morgan fingerprint density at radius 3 is 2.05 bits per heavy atom. The van der Waals surface area contributed by atoms with Crippen molar-refractivity contribution in [2.24, 2.45) is 17.8 Å². The molecule has 19 heavy (non-hydrogen) atoms. The summed E-state index contributed by atoms with van der Waals surface area (Å²) < 4.78 is 0. The summed E-state index contributed by atoms with van der Waals surface area (Å²) in [7, 11) is 0. The van der Waals surface area contributed by atoms with Gasteiger partial charge in [-0.05, 0) is 43.4 Å². The van der Waals surface area contributed by atoms with Crippen LogP contribution in [0.3, 0.4) is 0 Å². The molecule has 3 heteroatoms. The quantitative estimate of drug-likeness (QED) is 0.773. The minimum Gasteiger partial charge on any atom is -0.335 e. The van der Waals surface area contributed by atoms with Crippen LogP contribution < -0.4 is 5.32 Å². The largest absolute Gasteiger partial charge is 0.335 e. The molecule has 3 aliphatic rings. The maximum absolute atomic E-state index is 12.4. The summed E-state index contributed by atoms with van der Waals surface area (Å²) in [5, 5.41) is 3.26. The fraction of sp³-hybridized carbons (Fsp3) is 0.938. The molecule has 3 rings (SSSR count).